The van der Waals surface area contributed by atoms with Crippen LogP contribution in [0.5, 0.6) is 0 Å². The van der Waals surface area contributed by atoms with Crippen LogP contribution in [0, 0.1) is 16.0 Å². The number of rotatable bonds is 5. The van der Waals surface area contributed by atoms with Crippen molar-refractivity contribution >= 4 is 23.3 Å². The van der Waals surface area contributed by atoms with Crippen molar-refractivity contribution in [3.63, 3.8) is 0 Å². The fraction of sp³-hybridized carbons (Fsp3) is 0.273. The number of nitro groups is 1. The second-order valence-corrected chi connectivity index (χ2v) is 7.56. The van der Waals surface area contributed by atoms with Gasteiger partial charge in [-0.2, -0.15) is 0 Å². The lowest BCUT2D eigenvalue weighted by Gasteiger charge is -2.34. The third-order valence-corrected chi connectivity index (χ3v) is 5.79. The summed E-state index contributed by atoms with van der Waals surface area (Å²) >= 11 is 0. The van der Waals surface area contributed by atoms with Gasteiger partial charge in [-0.3, -0.25) is 24.5 Å². The average Bonchev–Trinajstić information content (AvgIpc) is 3.16. The molecule has 2 aromatic rings. The summed E-state index contributed by atoms with van der Waals surface area (Å²) in [5.41, 5.74) is 1.66. The molecule has 0 aromatic heterocycles. The number of allylic oxidation sites excluding steroid dienone is 1. The number of carboxylic acid groups (broad SMARTS) is 1. The number of non-ortho nitro benzene ring substituents is 1. The number of aliphatic hydroxyl groups excluding tert-OH is 1. The first-order valence-corrected chi connectivity index (χ1v) is 9.95. The van der Waals surface area contributed by atoms with Crippen molar-refractivity contribution in [3.8, 4) is 0 Å². The summed E-state index contributed by atoms with van der Waals surface area (Å²) in [6.45, 7) is 1.74. The monoisotopic (exact) mass is 439 g/mol. The molecule has 0 bridgehead atoms. The van der Waals surface area contributed by atoms with E-state index in [4.69, 9.17) is 4.84 Å². The molecule has 1 amide bonds. The summed E-state index contributed by atoms with van der Waals surface area (Å²) < 4.78 is 0. The van der Waals surface area contributed by atoms with Gasteiger partial charge in [0.2, 0.25) is 0 Å². The van der Waals surface area contributed by atoms with Crippen molar-refractivity contribution in [3.05, 3.63) is 81.4 Å². The molecule has 2 aliphatic rings. The second-order valence-electron chi connectivity index (χ2n) is 7.56. The van der Waals surface area contributed by atoms with Crippen LogP contribution < -0.4 is 5.06 Å². The van der Waals surface area contributed by atoms with Gasteiger partial charge >= 0.3 is 5.97 Å². The number of hydrogen-bond donors (Lipinski definition) is 2. The number of carboxylic acids is 1. The maximum Gasteiger partial charge on any atom is 0.313 e. The Morgan fingerprint density at radius 2 is 1.94 bits per heavy atom. The van der Waals surface area contributed by atoms with Crippen LogP contribution >= 0.6 is 0 Å². The van der Waals surface area contributed by atoms with Gasteiger partial charge in [0.1, 0.15) is 12.5 Å². The van der Waals surface area contributed by atoms with Gasteiger partial charge in [-0.15, -0.1) is 0 Å². The van der Waals surface area contributed by atoms with Crippen molar-refractivity contribution in [2.75, 3.05) is 11.6 Å². The molecule has 4 rings (SSSR count). The molecular weight excluding hydrogens is 418 g/mol. The molecule has 2 aromatic carbocycles. The lowest BCUT2D eigenvalue weighted by molar-refractivity contribution is -0.384. The van der Waals surface area contributed by atoms with Crippen LogP contribution in [-0.2, 0) is 16.2 Å². The van der Waals surface area contributed by atoms with Crippen molar-refractivity contribution in [1.82, 2.24) is 4.90 Å². The predicted molar refractivity (Wildman–Crippen MR) is 113 cm³/mol. The topological polar surface area (TPSA) is 133 Å². The summed E-state index contributed by atoms with van der Waals surface area (Å²) in [6, 6.07) is 11.2. The van der Waals surface area contributed by atoms with Crippen LogP contribution in [0.3, 0.4) is 0 Å². The molecule has 3 unspecified atom stereocenters. The number of hydrogen-bond acceptors (Lipinski definition) is 7. The highest BCUT2D eigenvalue weighted by Crippen LogP contribution is 2.39. The number of nitro benzene ring substituents is 1. The molecule has 2 N–H and O–H groups in total. The lowest BCUT2D eigenvalue weighted by atomic mass is 9.94. The molecule has 2 heterocycles. The second kappa shape index (κ2) is 8.40. The van der Waals surface area contributed by atoms with E-state index >= 15 is 0 Å². The van der Waals surface area contributed by atoms with Gasteiger partial charge in [-0.25, -0.2) is 5.06 Å². The van der Waals surface area contributed by atoms with E-state index in [1.165, 1.54) is 29.2 Å². The van der Waals surface area contributed by atoms with E-state index in [0.717, 1.165) is 5.06 Å². The third kappa shape index (κ3) is 3.59. The van der Waals surface area contributed by atoms with Crippen molar-refractivity contribution < 1.29 is 29.6 Å². The zero-order valence-electron chi connectivity index (χ0n) is 17.1. The Labute approximate surface area is 183 Å². The Morgan fingerprint density at radius 3 is 2.56 bits per heavy atom. The maximum atomic E-state index is 13.3. The zero-order chi connectivity index (χ0) is 23.0. The minimum absolute atomic E-state index is 0.0570. The molecule has 1 fully saturated rings. The summed E-state index contributed by atoms with van der Waals surface area (Å²) in [7, 11) is 0. The number of benzene rings is 2. The zero-order valence-corrected chi connectivity index (χ0v) is 17.1. The normalized spacial score (nSPS) is 23.6. The summed E-state index contributed by atoms with van der Waals surface area (Å²) in [5, 5.41) is 33.1. The molecule has 2 aliphatic heterocycles. The third-order valence-electron chi connectivity index (χ3n) is 5.79. The highest BCUT2D eigenvalue weighted by molar-refractivity contribution is 6.01. The molecule has 0 aliphatic carbocycles. The lowest BCUT2D eigenvalue weighted by Crippen LogP contribution is -2.52. The summed E-state index contributed by atoms with van der Waals surface area (Å²) in [6.07, 6.45) is 0.195. The Bertz CT molecular complexity index is 1100. The number of aliphatic carboxylic acids is 1. The first kappa shape index (κ1) is 21.5. The summed E-state index contributed by atoms with van der Waals surface area (Å²) in [4.78, 5) is 42.9. The Balaban J connectivity index is 1.70. The number of fused-ring (bicyclic) bond motifs is 2. The van der Waals surface area contributed by atoms with Crippen molar-refractivity contribution in [2.24, 2.45) is 5.92 Å². The number of aliphatic hydroxyl groups is 1. The molecule has 1 saturated heterocycles. The van der Waals surface area contributed by atoms with E-state index in [-0.39, 0.29) is 24.4 Å². The van der Waals surface area contributed by atoms with Gasteiger partial charge < -0.3 is 15.1 Å². The Hall–Kier alpha value is -3.76. The Morgan fingerprint density at radius 1 is 1.25 bits per heavy atom. The summed E-state index contributed by atoms with van der Waals surface area (Å²) in [5.74, 6) is -2.62. The van der Waals surface area contributed by atoms with Crippen LogP contribution in [0.4, 0.5) is 11.4 Å². The average molecular weight is 439 g/mol. The number of carbonyl (C=O) groups excluding carboxylic acids is 1. The standard InChI is InChI=1S/C22H21N3O7/c1-2-14-11-23-19(18(14)22(28)29)21(27)24(17-6-4-3-5-16(17)20(23)26)32-12-13-7-9-15(10-8-13)25(30)31/h2-10,18-19,21,27H,11-12H2,1H3,(H,28,29). The number of anilines is 1. The van der Waals surface area contributed by atoms with Gasteiger partial charge in [-0.1, -0.05) is 18.2 Å². The molecule has 10 nitrogen and oxygen atoms in total. The molecule has 0 spiro atoms. The minimum atomic E-state index is -1.46. The molecule has 10 heteroatoms. The van der Waals surface area contributed by atoms with E-state index in [9.17, 15) is 29.9 Å². The van der Waals surface area contributed by atoms with Gasteiger partial charge in [0.25, 0.3) is 11.6 Å². The largest absolute Gasteiger partial charge is 0.481 e. The fourth-order valence-electron chi connectivity index (χ4n) is 4.20. The maximum absolute atomic E-state index is 13.3. The van der Waals surface area contributed by atoms with Gasteiger partial charge in [0, 0.05) is 18.7 Å². The van der Waals surface area contributed by atoms with E-state index in [0.29, 0.717) is 16.8 Å². The molecule has 32 heavy (non-hydrogen) atoms. The van der Waals surface area contributed by atoms with Crippen LogP contribution in [-0.4, -0.2) is 50.7 Å². The highest BCUT2D eigenvalue weighted by Gasteiger charge is 2.52. The molecular formula is C22H21N3O7. The number of carbonyl (C=O) groups is 2. The molecule has 0 saturated carbocycles. The number of hydroxylamine groups is 1. The van der Waals surface area contributed by atoms with E-state index in [1.807, 2.05) is 0 Å². The smallest absolute Gasteiger partial charge is 0.313 e. The number of nitrogens with zero attached hydrogens (tertiary/aromatic N) is 3. The van der Waals surface area contributed by atoms with Crippen LogP contribution in [0.1, 0.15) is 22.8 Å². The first-order chi connectivity index (χ1) is 15.3. The van der Waals surface area contributed by atoms with Crippen LogP contribution in [0.15, 0.2) is 60.2 Å². The van der Waals surface area contributed by atoms with Gasteiger partial charge in [0.05, 0.1) is 22.2 Å². The Kier molecular flexibility index (Phi) is 5.64. The fourth-order valence-corrected chi connectivity index (χ4v) is 4.20. The predicted octanol–water partition coefficient (Wildman–Crippen LogP) is 2.34. The minimum Gasteiger partial charge on any atom is -0.481 e. The quantitative estimate of drug-likeness (QED) is 0.412. The van der Waals surface area contributed by atoms with Crippen molar-refractivity contribution in [1.29, 1.82) is 0 Å². The highest BCUT2D eigenvalue weighted by atomic mass is 16.7. The SMILES string of the molecule is CC=C1CN2C(=O)c3ccccc3N(OCc3ccc([N+](=O)[O-])cc3)C(O)C2C1C(=O)O. The van der Waals surface area contributed by atoms with Gasteiger partial charge in [-0.05, 0) is 42.3 Å². The van der Waals surface area contributed by atoms with Gasteiger partial charge in [0.15, 0.2) is 6.23 Å². The van der Waals surface area contributed by atoms with E-state index in [2.05, 4.69) is 0 Å². The number of amides is 1. The van der Waals surface area contributed by atoms with Crippen molar-refractivity contribution in [2.45, 2.75) is 25.8 Å². The van der Waals surface area contributed by atoms with E-state index in [1.54, 1.807) is 37.3 Å². The molecule has 166 valence electrons. The first-order valence-electron chi connectivity index (χ1n) is 9.95. The molecule has 0 radical (unpaired) electrons. The van der Waals surface area contributed by atoms with Crippen LogP contribution in [0.2, 0.25) is 0 Å². The number of para-hydroxylation sites is 1. The van der Waals surface area contributed by atoms with Crippen LogP contribution in [0.25, 0.3) is 0 Å². The van der Waals surface area contributed by atoms with E-state index < -0.39 is 35.0 Å². The molecule has 3 atom stereocenters.